The molecule has 0 amide bonds. The van der Waals surface area contributed by atoms with Gasteiger partial charge in [0.1, 0.15) is 0 Å². The molecule has 360 valence electrons. The first-order chi connectivity index (χ1) is 36.5. The van der Waals surface area contributed by atoms with Crippen LogP contribution in [0.25, 0.3) is 122 Å². The molecule has 3 aromatic heterocycles. The zero-order valence-corrected chi connectivity index (χ0v) is 41.4. The minimum Gasteiger partial charge on any atom is -0.309 e. The average Bonchev–Trinajstić information content (AvgIpc) is 4.02. The van der Waals surface area contributed by atoms with Crippen molar-refractivity contribution in [3.05, 3.63) is 253 Å². The molecular weight excluding hydrogens is 930 g/mol. The van der Waals surface area contributed by atoms with Crippen molar-refractivity contribution in [2.75, 3.05) is 0 Å². The van der Waals surface area contributed by atoms with Crippen molar-refractivity contribution >= 4 is 43.6 Å². The zero-order valence-electron chi connectivity index (χ0n) is 41.4. The fourth-order valence-corrected chi connectivity index (χ4v) is 11.1. The first-order valence-electron chi connectivity index (χ1n) is 25.1. The van der Waals surface area contributed by atoms with Crippen molar-refractivity contribution in [3.8, 4) is 78.7 Å². The molecule has 0 saturated heterocycles. The summed E-state index contributed by atoms with van der Waals surface area (Å²) in [5.41, 5.74) is 19.0. The van der Waals surface area contributed by atoms with Gasteiger partial charge >= 0.3 is 6.18 Å². The molecule has 0 N–H and O–H groups in total. The Kier molecular flexibility index (Phi) is 10.9. The normalized spacial score (nSPS) is 11.9. The molecule has 0 atom stereocenters. The van der Waals surface area contributed by atoms with Crippen LogP contribution >= 0.6 is 0 Å². The van der Waals surface area contributed by atoms with Gasteiger partial charge in [0, 0.05) is 49.5 Å². The van der Waals surface area contributed by atoms with Gasteiger partial charge in [0.15, 0.2) is 5.82 Å². The minimum atomic E-state index is -4.43. The number of para-hydroxylation sites is 2. The summed E-state index contributed by atoms with van der Waals surface area (Å²) in [6, 6.07) is 78.5. The van der Waals surface area contributed by atoms with E-state index >= 15 is 0 Å². The molecular formula is C68H47F3N4. The number of benzene rings is 10. The van der Waals surface area contributed by atoms with Crippen LogP contribution in [0.4, 0.5) is 13.2 Å². The lowest BCUT2D eigenvalue weighted by molar-refractivity contribution is -0.137. The summed E-state index contributed by atoms with van der Waals surface area (Å²) in [4.78, 5) is 10.4. The van der Waals surface area contributed by atoms with Gasteiger partial charge < -0.3 is 9.13 Å². The van der Waals surface area contributed by atoms with Gasteiger partial charge in [0.25, 0.3) is 0 Å². The fraction of sp³-hybridized carbons (Fsp3) is 0.0588. The molecule has 0 spiro atoms. The van der Waals surface area contributed by atoms with E-state index in [1.807, 2.05) is 60.7 Å². The van der Waals surface area contributed by atoms with Crippen molar-refractivity contribution in [2.45, 2.75) is 26.9 Å². The van der Waals surface area contributed by atoms with Crippen molar-refractivity contribution < 1.29 is 13.2 Å². The second-order valence-corrected chi connectivity index (χ2v) is 19.5. The molecule has 13 rings (SSSR count). The minimum absolute atomic E-state index is 0.561. The molecule has 0 saturated carbocycles. The van der Waals surface area contributed by atoms with Gasteiger partial charge in [-0.2, -0.15) is 13.2 Å². The van der Waals surface area contributed by atoms with E-state index < -0.39 is 11.7 Å². The van der Waals surface area contributed by atoms with Crippen LogP contribution in [-0.2, 0) is 6.18 Å². The van der Waals surface area contributed by atoms with E-state index in [0.29, 0.717) is 11.4 Å². The number of aryl methyl sites for hydroxylation is 3. The largest absolute Gasteiger partial charge is 0.416 e. The monoisotopic (exact) mass is 976 g/mol. The molecule has 0 aliphatic rings. The Labute approximate surface area is 432 Å². The van der Waals surface area contributed by atoms with Crippen molar-refractivity contribution in [3.63, 3.8) is 0 Å². The maximum atomic E-state index is 13.8. The van der Waals surface area contributed by atoms with Crippen LogP contribution in [0.5, 0.6) is 0 Å². The molecule has 4 nitrogen and oxygen atoms in total. The summed E-state index contributed by atoms with van der Waals surface area (Å²) < 4.78 is 46.1. The third-order valence-electron chi connectivity index (χ3n) is 14.7. The maximum Gasteiger partial charge on any atom is 0.416 e. The van der Waals surface area contributed by atoms with E-state index in [1.54, 1.807) is 13.0 Å². The zero-order chi connectivity index (χ0) is 51.0. The number of halogens is 3. The SMILES string of the molecule is Cc1ccc(-c2ccc3c(c2)c2ccccc2n3-c2cccc(-c3cc(-c4cc(-c5ccccc5)nc(-c5ccccc5)n4)ccc3-n3c4ccccc4c4cc(-c5ccc(C(F)(F)F)cc5C)ccc43)c2)c(C)c1. The Morgan fingerprint density at radius 3 is 1.51 bits per heavy atom. The summed E-state index contributed by atoms with van der Waals surface area (Å²) in [6.07, 6.45) is -4.43. The van der Waals surface area contributed by atoms with Gasteiger partial charge in [0.05, 0.1) is 44.7 Å². The molecule has 7 heteroatoms. The number of hydrogen-bond donors (Lipinski definition) is 0. The Morgan fingerprint density at radius 2 is 0.867 bits per heavy atom. The standard InChI is InChI=1S/C68H47F3N4/c1-42-25-30-53(43(2)35-42)48-26-32-65-58(38-48)55-21-10-12-23-62(55)74(65)52-20-14-19-47(37-52)57-40-50(61-41-60(45-15-6-4-7-16-45)72-67(73-61)46-17-8-5-9-18-46)28-34-64(57)75-63-24-13-11-22-56(63)59-39-49(27-33-66(59)75)54-31-29-51(36-44(54)3)68(69,70)71/h4-41H,1-3H3. The highest BCUT2D eigenvalue weighted by Crippen LogP contribution is 2.43. The highest BCUT2D eigenvalue weighted by atomic mass is 19.4. The molecule has 10 aromatic carbocycles. The van der Waals surface area contributed by atoms with Gasteiger partial charge in [-0.3, -0.25) is 0 Å². The Bertz CT molecular complexity index is 4320. The number of alkyl halides is 3. The van der Waals surface area contributed by atoms with E-state index in [0.717, 1.165) is 94.5 Å². The highest BCUT2D eigenvalue weighted by molar-refractivity contribution is 6.12. The topological polar surface area (TPSA) is 35.6 Å². The predicted octanol–water partition coefficient (Wildman–Crippen LogP) is 18.6. The average molecular weight is 977 g/mol. The van der Waals surface area contributed by atoms with Crippen LogP contribution in [-0.4, -0.2) is 19.1 Å². The summed E-state index contributed by atoms with van der Waals surface area (Å²) in [6.45, 7) is 6.06. The summed E-state index contributed by atoms with van der Waals surface area (Å²) in [7, 11) is 0. The van der Waals surface area contributed by atoms with E-state index in [-0.39, 0.29) is 0 Å². The van der Waals surface area contributed by atoms with Gasteiger partial charge in [-0.05, 0) is 139 Å². The summed E-state index contributed by atoms with van der Waals surface area (Å²) in [5.74, 6) is 0.633. The van der Waals surface area contributed by atoms with Crippen molar-refractivity contribution in [1.29, 1.82) is 0 Å². The number of hydrogen-bond acceptors (Lipinski definition) is 2. The van der Waals surface area contributed by atoms with Gasteiger partial charge in [0.2, 0.25) is 0 Å². The van der Waals surface area contributed by atoms with Crippen LogP contribution in [0.1, 0.15) is 22.3 Å². The summed E-state index contributed by atoms with van der Waals surface area (Å²) in [5, 5.41) is 4.38. The number of rotatable bonds is 8. The van der Waals surface area contributed by atoms with E-state index in [9.17, 15) is 13.2 Å². The third kappa shape index (κ3) is 8.05. The molecule has 13 aromatic rings. The maximum absolute atomic E-state index is 13.8. The second kappa shape index (κ2) is 18.0. The van der Waals surface area contributed by atoms with Crippen molar-refractivity contribution in [2.24, 2.45) is 0 Å². The molecule has 0 unspecified atom stereocenters. The molecule has 0 radical (unpaired) electrons. The van der Waals surface area contributed by atoms with Crippen LogP contribution in [0.15, 0.2) is 231 Å². The number of fused-ring (bicyclic) bond motifs is 6. The van der Waals surface area contributed by atoms with E-state index in [4.69, 9.17) is 9.97 Å². The number of nitrogens with zero attached hydrogens (tertiary/aromatic N) is 4. The lowest BCUT2D eigenvalue weighted by Gasteiger charge is -2.18. The van der Waals surface area contributed by atoms with E-state index in [1.165, 1.54) is 45.2 Å². The van der Waals surface area contributed by atoms with Crippen LogP contribution < -0.4 is 0 Å². The second-order valence-electron chi connectivity index (χ2n) is 19.5. The predicted molar refractivity (Wildman–Crippen MR) is 303 cm³/mol. The molecule has 0 fully saturated rings. The fourth-order valence-electron chi connectivity index (χ4n) is 11.1. The number of aromatic nitrogens is 4. The first-order valence-corrected chi connectivity index (χ1v) is 25.1. The van der Waals surface area contributed by atoms with E-state index in [2.05, 4.69) is 175 Å². The van der Waals surface area contributed by atoms with Crippen LogP contribution in [0, 0.1) is 20.8 Å². The highest BCUT2D eigenvalue weighted by Gasteiger charge is 2.31. The molecule has 0 aliphatic heterocycles. The lowest BCUT2D eigenvalue weighted by Crippen LogP contribution is -2.05. The molecule has 3 heterocycles. The molecule has 75 heavy (non-hydrogen) atoms. The van der Waals surface area contributed by atoms with Gasteiger partial charge in [-0.1, -0.05) is 157 Å². The van der Waals surface area contributed by atoms with Gasteiger partial charge in [-0.15, -0.1) is 0 Å². The Hall–Kier alpha value is -9.33. The smallest absolute Gasteiger partial charge is 0.309 e. The van der Waals surface area contributed by atoms with Crippen LogP contribution in [0.3, 0.4) is 0 Å². The van der Waals surface area contributed by atoms with Crippen LogP contribution in [0.2, 0.25) is 0 Å². The molecule has 0 bridgehead atoms. The first kappa shape index (κ1) is 45.5. The lowest BCUT2D eigenvalue weighted by atomic mass is 9.96. The Balaban J connectivity index is 1.03. The molecule has 0 aliphatic carbocycles. The van der Waals surface area contributed by atoms with Crippen molar-refractivity contribution in [1.82, 2.24) is 19.1 Å². The van der Waals surface area contributed by atoms with Gasteiger partial charge in [-0.25, -0.2) is 9.97 Å². The third-order valence-corrected chi connectivity index (χ3v) is 14.7. The Morgan fingerprint density at radius 1 is 0.347 bits per heavy atom. The summed E-state index contributed by atoms with van der Waals surface area (Å²) >= 11 is 0. The quantitative estimate of drug-likeness (QED) is 0.152.